The number of nitrogen functional groups attached to an aromatic ring is 1. The minimum absolute atomic E-state index is 0.0524. The van der Waals surface area contributed by atoms with Gasteiger partial charge < -0.3 is 10.8 Å². The van der Waals surface area contributed by atoms with Crippen LogP contribution in [0.1, 0.15) is 15.9 Å². The SMILES string of the molecule is Cc1c(Cl)nc(Cl)c(N)c1C(=O)O. The second-order valence-electron chi connectivity index (χ2n) is 2.41. The highest BCUT2D eigenvalue weighted by Gasteiger charge is 2.18. The van der Waals surface area contributed by atoms with E-state index in [0.717, 1.165) is 0 Å². The van der Waals surface area contributed by atoms with Crippen LogP contribution in [0.5, 0.6) is 0 Å². The highest BCUT2D eigenvalue weighted by molar-refractivity contribution is 6.35. The highest BCUT2D eigenvalue weighted by Crippen LogP contribution is 2.28. The molecule has 0 fully saturated rings. The average Bonchev–Trinajstić information content (AvgIpc) is 2.01. The van der Waals surface area contributed by atoms with E-state index in [9.17, 15) is 4.79 Å². The molecular formula is C7H6Cl2N2O2. The Kier molecular flexibility index (Phi) is 2.63. The first-order valence-electron chi connectivity index (χ1n) is 3.29. The van der Waals surface area contributed by atoms with Gasteiger partial charge in [-0.25, -0.2) is 9.78 Å². The number of nitrogens with two attached hydrogens (primary N) is 1. The Morgan fingerprint density at radius 2 is 2.00 bits per heavy atom. The number of carbonyl (C=O) groups is 1. The Morgan fingerprint density at radius 3 is 2.46 bits per heavy atom. The smallest absolute Gasteiger partial charge is 0.338 e. The molecule has 0 atom stereocenters. The number of hydrogen-bond donors (Lipinski definition) is 2. The number of pyridine rings is 1. The van der Waals surface area contributed by atoms with Crippen molar-refractivity contribution in [2.45, 2.75) is 6.92 Å². The van der Waals surface area contributed by atoms with Crippen molar-refractivity contribution in [1.82, 2.24) is 4.98 Å². The zero-order valence-electron chi connectivity index (χ0n) is 6.64. The standard InChI is InChI=1S/C7H6Cl2N2O2/c1-2-3(7(12)13)4(10)6(9)11-5(2)8/h10H2,1H3,(H,12,13). The summed E-state index contributed by atoms with van der Waals surface area (Å²) in [5.74, 6) is -1.17. The largest absolute Gasteiger partial charge is 0.478 e. The number of aromatic carboxylic acids is 1. The third kappa shape index (κ3) is 1.68. The summed E-state index contributed by atoms with van der Waals surface area (Å²) in [7, 11) is 0. The van der Waals surface area contributed by atoms with Crippen molar-refractivity contribution in [3.05, 3.63) is 21.4 Å². The second kappa shape index (κ2) is 3.40. The van der Waals surface area contributed by atoms with E-state index >= 15 is 0 Å². The summed E-state index contributed by atoms with van der Waals surface area (Å²) < 4.78 is 0. The molecule has 0 saturated heterocycles. The van der Waals surface area contributed by atoms with E-state index in [1.807, 2.05) is 0 Å². The fraction of sp³-hybridized carbons (Fsp3) is 0.143. The summed E-state index contributed by atoms with van der Waals surface area (Å²) >= 11 is 11.2. The summed E-state index contributed by atoms with van der Waals surface area (Å²) in [6.07, 6.45) is 0. The summed E-state index contributed by atoms with van der Waals surface area (Å²) in [4.78, 5) is 14.4. The zero-order valence-corrected chi connectivity index (χ0v) is 8.15. The van der Waals surface area contributed by atoms with Gasteiger partial charge in [0.25, 0.3) is 0 Å². The summed E-state index contributed by atoms with van der Waals surface area (Å²) in [5, 5.41) is 8.73. The van der Waals surface area contributed by atoms with Gasteiger partial charge >= 0.3 is 5.97 Å². The lowest BCUT2D eigenvalue weighted by atomic mass is 10.1. The van der Waals surface area contributed by atoms with Crippen LogP contribution in [0, 0.1) is 6.92 Å². The van der Waals surface area contributed by atoms with E-state index in [1.165, 1.54) is 6.92 Å². The molecule has 0 amide bonds. The zero-order chi connectivity index (χ0) is 10.2. The first kappa shape index (κ1) is 10.1. The number of anilines is 1. The Hall–Kier alpha value is -1.00. The molecule has 1 rings (SSSR count). The molecule has 0 aliphatic heterocycles. The second-order valence-corrected chi connectivity index (χ2v) is 3.13. The number of halogens is 2. The van der Waals surface area contributed by atoms with Gasteiger partial charge in [0, 0.05) is 5.56 Å². The minimum atomic E-state index is -1.17. The third-order valence-electron chi connectivity index (χ3n) is 1.59. The predicted octanol–water partition coefficient (Wildman–Crippen LogP) is 1.98. The monoisotopic (exact) mass is 220 g/mol. The molecule has 1 aromatic heterocycles. The van der Waals surface area contributed by atoms with Gasteiger partial charge in [-0.1, -0.05) is 23.2 Å². The molecule has 0 aliphatic rings. The van der Waals surface area contributed by atoms with Crippen molar-refractivity contribution < 1.29 is 9.90 Å². The van der Waals surface area contributed by atoms with Crippen molar-refractivity contribution in [2.75, 3.05) is 5.73 Å². The maximum absolute atomic E-state index is 10.7. The van der Waals surface area contributed by atoms with Crippen LogP contribution >= 0.6 is 23.2 Å². The first-order chi connectivity index (χ1) is 5.95. The van der Waals surface area contributed by atoms with Crippen LogP contribution < -0.4 is 5.73 Å². The fourth-order valence-corrected chi connectivity index (χ4v) is 1.32. The molecule has 4 nitrogen and oxygen atoms in total. The fourth-order valence-electron chi connectivity index (χ4n) is 0.914. The van der Waals surface area contributed by atoms with Crippen LogP contribution in [-0.2, 0) is 0 Å². The van der Waals surface area contributed by atoms with E-state index in [1.54, 1.807) is 0 Å². The Morgan fingerprint density at radius 1 is 1.46 bits per heavy atom. The molecule has 70 valence electrons. The van der Waals surface area contributed by atoms with Gasteiger partial charge in [-0.05, 0) is 6.92 Å². The summed E-state index contributed by atoms with van der Waals surface area (Å²) in [6, 6.07) is 0. The maximum atomic E-state index is 10.7. The quantitative estimate of drug-likeness (QED) is 0.710. The van der Waals surface area contributed by atoms with Crippen LogP contribution in [0.15, 0.2) is 0 Å². The molecule has 1 aromatic rings. The first-order valence-corrected chi connectivity index (χ1v) is 4.05. The van der Waals surface area contributed by atoms with Gasteiger partial charge in [0.2, 0.25) is 0 Å². The van der Waals surface area contributed by atoms with Crippen LogP contribution in [0.3, 0.4) is 0 Å². The minimum Gasteiger partial charge on any atom is -0.478 e. The van der Waals surface area contributed by atoms with Crippen molar-refractivity contribution in [3.8, 4) is 0 Å². The van der Waals surface area contributed by atoms with Crippen LogP contribution in [0.4, 0.5) is 5.69 Å². The number of rotatable bonds is 1. The molecule has 1 heterocycles. The lowest BCUT2D eigenvalue weighted by Gasteiger charge is -2.07. The van der Waals surface area contributed by atoms with Crippen molar-refractivity contribution in [3.63, 3.8) is 0 Å². The number of carboxylic acid groups (broad SMARTS) is 1. The Labute approximate surface area is 84.3 Å². The van der Waals surface area contributed by atoms with E-state index in [-0.39, 0.29) is 21.6 Å². The van der Waals surface area contributed by atoms with Gasteiger partial charge in [0.15, 0.2) is 5.15 Å². The molecule has 0 bridgehead atoms. The molecule has 0 radical (unpaired) electrons. The Bertz CT molecular complexity index is 353. The summed E-state index contributed by atoms with van der Waals surface area (Å²) in [5.41, 5.74) is 5.58. The van der Waals surface area contributed by atoms with E-state index in [0.29, 0.717) is 5.56 Å². The molecule has 0 spiro atoms. The topological polar surface area (TPSA) is 76.2 Å². The predicted molar refractivity (Wildman–Crippen MR) is 50.4 cm³/mol. The van der Waals surface area contributed by atoms with E-state index < -0.39 is 5.97 Å². The maximum Gasteiger partial charge on any atom is 0.338 e. The lowest BCUT2D eigenvalue weighted by Crippen LogP contribution is -2.07. The third-order valence-corrected chi connectivity index (χ3v) is 2.24. The average molecular weight is 221 g/mol. The van der Waals surface area contributed by atoms with Gasteiger partial charge in [0.1, 0.15) is 5.15 Å². The van der Waals surface area contributed by atoms with Crippen molar-refractivity contribution in [1.29, 1.82) is 0 Å². The van der Waals surface area contributed by atoms with Crippen molar-refractivity contribution >= 4 is 34.9 Å². The van der Waals surface area contributed by atoms with Crippen LogP contribution in [0.25, 0.3) is 0 Å². The highest BCUT2D eigenvalue weighted by atomic mass is 35.5. The number of hydrogen-bond acceptors (Lipinski definition) is 3. The molecule has 13 heavy (non-hydrogen) atoms. The normalized spacial score (nSPS) is 10.1. The molecule has 0 aliphatic carbocycles. The molecule has 3 N–H and O–H groups in total. The molecule has 6 heteroatoms. The van der Waals surface area contributed by atoms with Gasteiger partial charge in [-0.2, -0.15) is 0 Å². The van der Waals surface area contributed by atoms with Crippen molar-refractivity contribution in [2.24, 2.45) is 0 Å². The van der Waals surface area contributed by atoms with Gasteiger partial charge in [-0.3, -0.25) is 0 Å². The van der Waals surface area contributed by atoms with Crippen LogP contribution in [-0.4, -0.2) is 16.1 Å². The number of carboxylic acids is 1. The van der Waals surface area contributed by atoms with E-state index in [2.05, 4.69) is 4.98 Å². The Balaban J connectivity index is 3.56. The number of nitrogens with zero attached hydrogens (tertiary/aromatic N) is 1. The van der Waals surface area contributed by atoms with Gasteiger partial charge in [0.05, 0.1) is 11.3 Å². The molecular weight excluding hydrogens is 215 g/mol. The van der Waals surface area contributed by atoms with E-state index in [4.69, 9.17) is 34.0 Å². The summed E-state index contributed by atoms with van der Waals surface area (Å²) in [6.45, 7) is 1.52. The molecule has 0 saturated carbocycles. The number of aromatic nitrogens is 1. The van der Waals surface area contributed by atoms with Crippen LogP contribution in [0.2, 0.25) is 10.3 Å². The molecule has 0 unspecified atom stereocenters. The molecule has 0 aromatic carbocycles. The lowest BCUT2D eigenvalue weighted by molar-refractivity contribution is 0.0697. The van der Waals surface area contributed by atoms with Gasteiger partial charge in [-0.15, -0.1) is 0 Å².